The van der Waals surface area contributed by atoms with Gasteiger partial charge < -0.3 is 16.0 Å². The number of anilines is 1. The lowest BCUT2D eigenvalue weighted by Crippen LogP contribution is -2.30. The molecule has 41 heavy (non-hydrogen) atoms. The molecule has 5 rings (SSSR count). The van der Waals surface area contributed by atoms with Gasteiger partial charge in [0.2, 0.25) is 5.91 Å². The fraction of sp³-hybridized carbons (Fsp3) is 0.188. The Kier molecular flexibility index (Phi) is 7.78. The van der Waals surface area contributed by atoms with Gasteiger partial charge in [-0.25, -0.2) is 4.39 Å². The predicted octanol–water partition coefficient (Wildman–Crippen LogP) is 5.94. The summed E-state index contributed by atoms with van der Waals surface area (Å²) in [5.41, 5.74) is 10.8. The maximum absolute atomic E-state index is 15.3. The lowest BCUT2D eigenvalue weighted by Gasteiger charge is -2.32. The monoisotopic (exact) mass is 552 g/mol. The van der Waals surface area contributed by atoms with Crippen molar-refractivity contribution in [3.05, 3.63) is 129 Å². The average molecular weight is 553 g/mol. The number of nitro groups is 1. The van der Waals surface area contributed by atoms with Crippen molar-refractivity contribution in [2.45, 2.75) is 32.4 Å². The zero-order chi connectivity index (χ0) is 29.1. The number of hydrogen-bond acceptors (Lipinski definition) is 5. The average Bonchev–Trinajstić information content (AvgIpc) is 2.98. The molecule has 9 heteroatoms. The van der Waals surface area contributed by atoms with Crippen LogP contribution in [0.15, 0.2) is 84.9 Å². The summed E-state index contributed by atoms with van der Waals surface area (Å²) in [5, 5.41) is 13.9. The molecule has 1 atom stereocenters. The summed E-state index contributed by atoms with van der Waals surface area (Å²) in [6, 6.07) is 23.1. The number of aryl methyl sites for hydroxylation is 1. The Bertz CT molecular complexity index is 1640. The molecule has 0 unspecified atom stereocenters. The van der Waals surface area contributed by atoms with Crippen LogP contribution in [0.2, 0.25) is 0 Å². The van der Waals surface area contributed by atoms with Crippen molar-refractivity contribution in [3.63, 3.8) is 0 Å². The maximum Gasteiger partial charge on any atom is 0.269 e. The van der Waals surface area contributed by atoms with E-state index in [9.17, 15) is 19.7 Å². The number of hydrogen-bond donors (Lipinski definition) is 2. The number of benzene rings is 4. The maximum atomic E-state index is 15.3. The number of halogens is 1. The zero-order valence-electron chi connectivity index (χ0n) is 22.5. The largest absolute Gasteiger partial charge is 0.367 e. The summed E-state index contributed by atoms with van der Waals surface area (Å²) < 4.78 is 15.3. The smallest absolute Gasteiger partial charge is 0.269 e. The molecule has 3 N–H and O–H groups in total. The minimum absolute atomic E-state index is 0.00393. The quantitative estimate of drug-likeness (QED) is 0.207. The van der Waals surface area contributed by atoms with E-state index >= 15 is 4.39 Å². The topological polar surface area (TPSA) is 119 Å². The second kappa shape index (κ2) is 11.6. The molecule has 0 bridgehead atoms. The second-order valence-electron chi connectivity index (χ2n) is 10.1. The lowest BCUT2D eigenvalue weighted by atomic mass is 9.96. The molecule has 2 amide bonds. The van der Waals surface area contributed by atoms with E-state index in [-0.39, 0.29) is 23.5 Å². The molecule has 208 valence electrons. The first-order chi connectivity index (χ1) is 19.7. The minimum Gasteiger partial charge on any atom is -0.367 e. The van der Waals surface area contributed by atoms with E-state index in [1.165, 1.54) is 18.2 Å². The Morgan fingerprint density at radius 3 is 2.51 bits per heavy atom. The van der Waals surface area contributed by atoms with Crippen molar-refractivity contribution >= 4 is 23.2 Å². The van der Waals surface area contributed by atoms with Crippen LogP contribution >= 0.6 is 0 Å². The van der Waals surface area contributed by atoms with E-state index in [2.05, 4.69) is 10.2 Å². The van der Waals surface area contributed by atoms with Crippen molar-refractivity contribution in [1.29, 1.82) is 0 Å². The number of amides is 2. The number of rotatable bonds is 8. The molecular formula is C32H29FN4O4. The number of carbonyl (C=O) groups excluding carboxylic acids is 2. The van der Waals surface area contributed by atoms with Crippen molar-refractivity contribution in [3.8, 4) is 11.1 Å². The van der Waals surface area contributed by atoms with Crippen LogP contribution in [0.1, 0.15) is 56.8 Å². The lowest BCUT2D eigenvalue weighted by molar-refractivity contribution is -0.384. The number of non-ortho nitro benzene ring substituents is 1. The molecule has 1 heterocycles. The highest BCUT2D eigenvalue weighted by Gasteiger charge is 2.21. The highest BCUT2D eigenvalue weighted by molar-refractivity contribution is 5.99. The summed E-state index contributed by atoms with van der Waals surface area (Å²) in [6.45, 7) is 2.94. The predicted molar refractivity (Wildman–Crippen MR) is 155 cm³/mol. The van der Waals surface area contributed by atoms with Gasteiger partial charge in [-0.05, 0) is 72.4 Å². The first-order valence-corrected chi connectivity index (χ1v) is 13.3. The number of nitrogens with two attached hydrogens (primary N) is 1. The third-order valence-corrected chi connectivity index (χ3v) is 7.43. The van der Waals surface area contributed by atoms with Gasteiger partial charge in [-0.15, -0.1) is 0 Å². The molecule has 0 radical (unpaired) electrons. The molecular weight excluding hydrogens is 523 g/mol. The van der Waals surface area contributed by atoms with E-state index in [4.69, 9.17) is 5.73 Å². The van der Waals surface area contributed by atoms with Gasteiger partial charge in [0, 0.05) is 47.6 Å². The Balaban J connectivity index is 1.30. The van der Waals surface area contributed by atoms with Crippen molar-refractivity contribution in [2.24, 2.45) is 5.73 Å². The fourth-order valence-electron chi connectivity index (χ4n) is 5.23. The molecule has 4 aromatic rings. The summed E-state index contributed by atoms with van der Waals surface area (Å²) in [6.07, 6.45) is 1.67. The van der Waals surface area contributed by atoms with Crippen LogP contribution < -0.4 is 16.0 Å². The fourth-order valence-corrected chi connectivity index (χ4v) is 5.23. The van der Waals surface area contributed by atoms with Crippen molar-refractivity contribution in [2.75, 3.05) is 11.4 Å². The van der Waals surface area contributed by atoms with Crippen LogP contribution in [0.4, 0.5) is 15.8 Å². The van der Waals surface area contributed by atoms with Gasteiger partial charge in [0.1, 0.15) is 5.82 Å². The molecule has 0 saturated heterocycles. The molecule has 1 aliphatic heterocycles. The third-order valence-electron chi connectivity index (χ3n) is 7.43. The van der Waals surface area contributed by atoms with Gasteiger partial charge in [0.05, 0.1) is 11.0 Å². The van der Waals surface area contributed by atoms with Crippen molar-refractivity contribution < 1.29 is 18.9 Å². The number of nitro benzene ring substituents is 1. The molecule has 0 fully saturated rings. The molecule has 0 aromatic heterocycles. The molecule has 0 spiro atoms. The number of primary amides is 1. The number of fused-ring (bicyclic) bond motifs is 1. The summed E-state index contributed by atoms with van der Waals surface area (Å²) in [5.74, 6) is -1.18. The summed E-state index contributed by atoms with van der Waals surface area (Å²) in [7, 11) is 0. The van der Waals surface area contributed by atoms with Gasteiger partial charge in [0.25, 0.3) is 11.6 Å². The van der Waals surface area contributed by atoms with Gasteiger partial charge in [-0.3, -0.25) is 19.7 Å². The third kappa shape index (κ3) is 5.94. The highest BCUT2D eigenvalue weighted by atomic mass is 19.1. The van der Waals surface area contributed by atoms with Crippen LogP contribution in [0, 0.1) is 15.9 Å². The van der Waals surface area contributed by atoms with E-state index in [1.807, 2.05) is 19.1 Å². The first kappa shape index (κ1) is 27.5. The SMILES string of the molecule is C[C@H](NC(=O)c1ccc2c(c1)CCCN2Cc1ccc(-c2ccccc2C(N)=O)cc1F)c1ccc([N+](=O)[O-])cc1. The van der Waals surface area contributed by atoms with Gasteiger partial charge >= 0.3 is 0 Å². The number of carbonyl (C=O) groups is 2. The Morgan fingerprint density at radius 2 is 1.80 bits per heavy atom. The zero-order valence-corrected chi connectivity index (χ0v) is 22.5. The van der Waals surface area contributed by atoms with Crippen LogP contribution in [-0.2, 0) is 13.0 Å². The summed E-state index contributed by atoms with van der Waals surface area (Å²) in [4.78, 5) is 37.4. The molecule has 0 aliphatic carbocycles. The van der Waals surface area contributed by atoms with E-state index in [1.54, 1.807) is 54.6 Å². The van der Waals surface area contributed by atoms with E-state index < -0.39 is 10.8 Å². The van der Waals surface area contributed by atoms with Gasteiger partial charge in [-0.2, -0.15) is 0 Å². The molecule has 0 saturated carbocycles. The number of nitrogens with zero attached hydrogens (tertiary/aromatic N) is 2. The Labute approximate surface area is 236 Å². The molecule has 1 aliphatic rings. The standard InChI is InChI=1S/C32H29FN4O4/c1-20(21-10-13-26(14-11-21)37(40)41)35-32(39)24-12-15-30-23(17-24)5-4-16-36(30)19-25-9-8-22(18-29(25)33)27-6-2-3-7-28(27)31(34)38/h2-3,6-15,17-18,20H,4-5,16,19H2,1H3,(H2,34,38)(H,35,39)/t20-/m0/s1. The highest BCUT2D eigenvalue weighted by Crippen LogP contribution is 2.31. The van der Waals surface area contributed by atoms with Gasteiger partial charge in [-0.1, -0.05) is 42.5 Å². The summed E-state index contributed by atoms with van der Waals surface area (Å²) >= 11 is 0. The first-order valence-electron chi connectivity index (χ1n) is 13.3. The molecule has 4 aromatic carbocycles. The number of nitrogens with one attached hydrogen (secondary N) is 1. The van der Waals surface area contributed by atoms with E-state index in [0.29, 0.717) is 34.4 Å². The van der Waals surface area contributed by atoms with Crippen LogP contribution in [-0.4, -0.2) is 23.3 Å². The van der Waals surface area contributed by atoms with Crippen LogP contribution in [0.25, 0.3) is 11.1 Å². The second-order valence-corrected chi connectivity index (χ2v) is 10.1. The van der Waals surface area contributed by atoms with Crippen LogP contribution in [0.3, 0.4) is 0 Å². The van der Waals surface area contributed by atoms with Crippen LogP contribution in [0.5, 0.6) is 0 Å². The molecule has 8 nitrogen and oxygen atoms in total. The normalized spacial score (nSPS) is 13.3. The minimum atomic E-state index is -0.566. The van der Waals surface area contributed by atoms with Gasteiger partial charge in [0.15, 0.2) is 0 Å². The Hall–Kier alpha value is -5.05. The van der Waals surface area contributed by atoms with E-state index in [0.717, 1.165) is 36.2 Å². The Morgan fingerprint density at radius 1 is 1.05 bits per heavy atom. The van der Waals surface area contributed by atoms with Crippen molar-refractivity contribution in [1.82, 2.24) is 5.32 Å².